The Morgan fingerprint density at radius 2 is 1.79 bits per heavy atom. The predicted molar refractivity (Wildman–Crippen MR) is 129 cm³/mol. The van der Waals surface area contributed by atoms with E-state index in [0.29, 0.717) is 0 Å². The van der Waals surface area contributed by atoms with Gasteiger partial charge in [0.2, 0.25) is 0 Å². The molecule has 13 heteroatoms. The molecule has 2 heterocycles. The fraction of sp³-hybridized carbons (Fsp3) is 0.500. The topological polar surface area (TPSA) is 121 Å². The van der Waals surface area contributed by atoms with Crippen LogP contribution in [-0.2, 0) is 45.4 Å². The van der Waals surface area contributed by atoms with Gasteiger partial charge in [0.1, 0.15) is 17.7 Å². The van der Waals surface area contributed by atoms with E-state index in [0.717, 1.165) is 24.8 Å². The standard InChI is InChI=1S/C26H28F3N3O7/c1-34-23-24(16-36-14-17-9-5-3-6-10-17)13-19(21(31-32-30)20(39-24)15-37-23)38-22(33)25(35-2,26(27,28)29)18-11-7-4-8-12-18/h3-12,19-21,23H,13-16H2,1-2H3/t19-,20+,21-,23-,24-,25+/m0/s1. The Bertz CT molecular complexity index is 1170. The molecule has 2 aliphatic heterocycles. The minimum atomic E-state index is -5.18. The zero-order chi connectivity index (χ0) is 28.1. The van der Waals surface area contributed by atoms with Gasteiger partial charge in [0.25, 0.3) is 5.60 Å². The number of benzene rings is 2. The lowest BCUT2D eigenvalue weighted by Gasteiger charge is -2.53. The van der Waals surface area contributed by atoms with E-state index in [4.69, 9.17) is 28.4 Å². The molecule has 4 rings (SSSR count). The maximum atomic E-state index is 14.5. The number of methoxy groups -OCH3 is 2. The molecule has 2 saturated heterocycles. The molecule has 2 aliphatic rings. The van der Waals surface area contributed by atoms with Crippen LogP contribution >= 0.6 is 0 Å². The van der Waals surface area contributed by atoms with E-state index < -0.39 is 53.5 Å². The van der Waals surface area contributed by atoms with E-state index in [1.807, 2.05) is 30.3 Å². The number of ether oxygens (including phenoxy) is 6. The lowest BCUT2D eigenvalue weighted by Crippen LogP contribution is -2.67. The van der Waals surface area contributed by atoms with Crippen molar-refractivity contribution in [1.29, 1.82) is 0 Å². The molecule has 0 spiro atoms. The van der Waals surface area contributed by atoms with Crippen LogP contribution in [0.5, 0.6) is 0 Å². The Hall–Kier alpha value is -3.19. The maximum absolute atomic E-state index is 14.5. The van der Waals surface area contributed by atoms with E-state index in [9.17, 15) is 23.5 Å². The number of hydrogen-bond donors (Lipinski definition) is 0. The van der Waals surface area contributed by atoms with Gasteiger partial charge in [-0.05, 0) is 11.1 Å². The van der Waals surface area contributed by atoms with Gasteiger partial charge in [-0.15, -0.1) is 0 Å². The van der Waals surface area contributed by atoms with Crippen molar-refractivity contribution in [1.82, 2.24) is 0 Å². The van der Waals surface area contributed by atoms with Crippen LogP contribution in [0, 0.1) is 0 Å². The van der Waals surface area contributed by atoms with Crippen LogP contribution in [0.3, 0.4) is 0 Å². The Labute approximate surface area is 222 Å². The van der Waals surface area contributed by atoms with Gasteiger partial charge in [0.15, 0.2) is 6.29 Å². The summed E-state index contributed by atoms with van der Waals surface area (Å²) in [6.45, 7) is -0.0302. The number of hydrogen-bond acceptors (Lipinski definition) is 8. The third kappa shape index (κ3) is 5.60. The summed E-state index contributed by atoms with van der Waals surface area (Å²) in [4.78, 5) is 16.2. The summed E-state index contributed by atoms with van der Waals surface area (Å²) in [5, 5.41) is 3.69. The summed E-state index contributed by atoms with van der Waals surface area (Å²) < 4.78 is 77.1. The molecule has 0 aliphatic carbocycles. The summed E-state index contributed by atoms with van der Waals surface area (Å²) >= 11 is 0. The highest BCUT2D eigenvalue weighted by molar-refractivity contribution is 5.83. The number of alkyl halides is 3. The summed E-state index contributed by atoms with van der Waals surface area (Å²) in [5.74, 6) is -1.71. The molecule has 0 saturated carbocycles. The molecule has 0 aromatic heterocycles. The molecule has 0 unspecified atom stereocenters. The molecule has 210 valence electrons. The minimum absolute atomic E-state index is 0.110. The molecule has 0 amide bonds. The number of carbonyl (C=O) groups excluding carboxylic acids is 1. The van der Waals surface area contributed by atoms with Crippen LogP contribution in [0.15, 0.2) is 65.8 Å². The van der Waals surface area contributed by atoms with Crippen LogP contribution < -0.4 is 0 Å². The predicted octanol–water partition coefficient (Wildman–Crippen LogP) is 4.43. The van der Waals surface area contributed by atoms with Crippen molar-refractivity contribution in [2.75, 3.05) is 27.4 Å². The highest BCUT2D eigenvalue weighted by Crippen LogP contribution is 2.45. The number of halogens is 3. The monoisotopic (exact) mass is 551 g/mol. The highest BCUT2D eigenvalue weighted by atomic mass is 19.4. The Morgan fingerprint density at radius 1 is 1.13 bits per heavy atom. The second kappa shape index (κ2) is 11.9. The zero-order valence-corrected chi connectivity index (χ0v) is 21.2. The van der Waals surface area contributed by atoms with E-state index in [-0.39, 0.29) is 26.2 Å². The molecule has 2 fully saturated rings. The second-order valence-corrected chi connectivity index (χ2v) is 9.19. The molecule has 10 nitrogen and oxygen atoms in total. The number of carbonyl (C=O) groups is 1. The molecular weight excluding hydrogens is 523 g/mol. The molecule has 2 bridgehead atoms. The fourth-order valence-corrected chi connectivity index (χ4v) is 5.03. The number of esters is 1. The van der Waals surface area contributed by atoms with Crippen molar-refractivity contribution in [3.8, 4) is 0 Å². The van der Waals surface area contributed by atoms with Crippen molar-refractivity contribution >= 4 is 5.97 Å². The molecule has 2 aromatic carbocycles. The van der Waals surface area contributed by atoms with Gasteiger partial charge in [0, 0.05) is 31.1 Å². The largest absolute Gasteiger partial charge is 0.459 e. The summed E-state index contributed by atoms with van der Waals surface area (Å²) in [6.07, 6.45) is -8.70. The van der Waals surface area contributed by atoms with Crippen molar-refractivity contribution in [2.24, 2.45) is 5.11 Å². The van der Waals surface area contributed by atoms with E-state index >= 15 is 0 Å². The smallest absolute Gasteiger partial charge is 0.432 e. The third-order valence-corrected chi connectivity index (χ3v) is 6.82. The van der Waals surface area contributed by atoms with Crippen LogP contribution in [0.2, 0.25) is 0 Å². The first-order chi connectivity index (χ1) is 18.7. The first kappa shape index (κ1) is 28.8. The summed E-state index contributed by atoms with van der Waals surface area (Å²) in [7, 11) is 2.15. The number of rotatable bonds is 10. The first-order valence-electron chi connectivity index (χ1n) is 12.1. The lowest BCUT2D eigenvalue weighted by molar-refractivity contribution is -0.351. The van der Waals surface area contributed by atoms with Crippen molar-refractivity contribution in [3.05, 3.63) is 82.2 Å². The van der Waals surface area contributed by atoms with E-state index in [1.165, 1.54) is 25.3 Å². The van der Waals surface area contributed by atoms with Crippen LogP contribution in [-0.4, -0.2) is 69.7 Å². The van der Waals surface area contributed by atoms with Gasteiger partial charge in [-0.1, -0.05) is 65.8 Å². The van der Waals surface area contributed by atoms with Crippen molar-refractivity contribution in [2.45, 2.75) is 54.9 Å². The summed E-state index contributed by atoms with van der Waals surface area (Å²) in [5.41, 5.74) is 4.80. The second-order valence-electron chi connectivity index (χ2n) is 9.19. The molecule has 2 aromatic rings. The number of azide groups is 1. The molecule has 0 N–H and O–H groups in total. The summed E-state index contributed by atoms with van der Waals surface area (Å²) in [6, 6.07) is 14.5. The van der Waals surface area contributed by atoms with Crippen molar-refractivity contribution in [3.63, 3.8) is 0 Å². The van der Waals surface area contributed by atoms with Crippen LogP contribution in [0.4, 0.5) is 13.2 Å². The number of fused-ring (bicyclic) bond motifs is 2. The van der Waals surface area contributed by atoms with Gasteiger partial charge >= 0.3 is 12.1 Å². The molecule has 39 heavy (non-hydrogen) atoms. The third-order valence-electron chi connectivity index (χ3n) is 6.82. The maximum Gasteiger partial charge on any atom is 0.432 e. The van der Waals surface area contributed by atoms with Crippen molar-refractivity contribution < 1.29 is 46.4 Å². The quantitative estimate of drug-likeness (QED) is 0.185. The molecule has 6 atom stereocenters. The lowest BCUT2D eigenvalue weighted by atomic mass is 9.84. The zero-order valence-electron chi connectivity index (χ0n) is 21.2. The molecular formula is C26H28F3N3O7. The fourth-order valence-electron chi connectivity index (χ4n) is 5.03. The molecule has 0 radical (unpaired) electrons. The van der Waals surface area contributed by atoms with Crippen LogP contribution in [0.1, 0.15) is 17.5 Å². The van der Waals surface area contributed by atoms with Gasteiger partial charge in [-0.2, -0.15) is 13.2 Å². The van der Waals surface area contributed by atoms with E-state index in [2.05, 4.69) is 10.0 Å². The highest BCUT2D eigenvalue weighted by Gasteiger charge is 2.65. The normalized spacial score (nSPS) is 28.1. The minimum Gasteiger partial charge on any atom is -0.459 e. The van der Waals surface area contributed by atoms with E-state index in [1.54, 1.807) is 0 Å². The van der Waals surface area contributed by atoms with Gasteiger partial charge in [-0.25, -0.2) is 4.79 Å². The Kier molecular flexibility index (Phi) is 8.80. The SMILES string of the molecule is CO[C@H]1OC[C@H]2O[C@]1(COCc1ccccc1)C[C@H](OC(=O)[C@](OC)(c1ccccc1)C(F)(F)F)[C@@H]2N=[N+]=[N-]. The average Bonchev–Trinajstić information content (AvgIpc) is 2.92. The number of nitrogens with zero attached hydrogens (tertiary/aromatic N) is 3. The van der Waals surface area contributed by atoms with Crippen LogP contribution in [0.25, 0.3) is 10.4 Å². The average molecular weight is 552 g/mol. The first-order valence-corrected chi connectivity index (χ1v) is 12.1. The Morgan fingerprint density at radius 3 is 2.38 bits per heavy atom. The van der Waals surface area contributed by atoms with Gasteiger partial charge in [0.05, 0.1) is 25.9 Å². The van der Waals surface area contributed by atoms with Gasteiger partial charge < -0.3 is 28.4 Å². The van der Waals surface area contributed by atoms with Gasteiger partial charge in [-0.3, -0.25) is 0 Å². The Balaban J connectivity index is 1.65.